The van der Waals surface area contributed by atoms with Crippen molar-refractivity contribution in [3.05, 3.63) is 18.2 Å². The van der Waals surface area contributed by atoms with Gasteiger partial charge in [-0.3, -0.25) is 9.59 Å². The molecule has 1 heterocycles. The van der Waals surface area contributed by atoms with Gasteiger partial charge in [0.15, 0.2) is 0 Å². The first-order valence-electron chi connectivity index (χ1n) is 8.11. The molecule has 6 nitrogen and oxygen atoms in total. The summed E-state index contributed by atoms with van der Waals surface area (Å²) in [6.07, 6.45) is 3.91. The highest BCUT2D eigenvalue weighted by molar-refractivity contribution is 5.98. The molecule has 0 aliphatic carbocycles. The third-order valence-corrected chi connectivity index (χ3v) is 4.00. The summed E-state index contributed by atoms with van der Waals surface area (Å²) in [5.74, 6) is 0.491. The summed E-state index contributed by atoms with van der Waals surface area (Å²) in [6.45, 7) is 2.66. The highest BCUT2D eigenvalue weighted by atomic mass is 35.5. The Morgan fingerprint density at radius 3 is 2.79 bits per heavy atom. The lowest BCUT2D eigenvalue weighted by Gasteiger charge is -2.28. The number of methoxy groups -OCH3 is 1. The summed E-state index contributed by atoms with van der Waals surface area (Å²) < 4.78 is 5.36. The molecule has 134 valence electrons. The highest BCUT2D eigenvalue weighted by Crippen LogP contribution is 2.33. The molecule has 3 N–H and O–H groups in total. The lowest BCUT2D eigenvalue weighted by molar-refractivity contribution is -0.119. The number of ether oxygens (including phenoxy) is 1. The summed E-state index contributed by atoms with van der Waals surface area (Å²) in [5, 5.41) is 2.81. The number of carbonyl (C=O) groups excluding carboxylic acids is 2. The van der Waals surface area contributed by atoms with E-state index < -0.39 is 6.04 Å². The average molecular weight is 356 g/mol. The number of hydrogen-bond acceptors (Lipinski definition) is 4. The Hall–Kier alpha value is -1.79. The Balaban J connectivity index is 0.00000288. The minimum absolute atomic E-state index is 0. The van der Waals surface area contributed by atoms with Crippen molar-refractivity contribution in [3.63, 3.8) is 0 Å². The maximum Gasteiger partial charge on any atom is 0.241 e. The van der Waals surface area contributed by atoms with Gasteiger partial charge in [-0.05, 0) is 37.5 Å². The summed E-state index contributed by atoms with van der Waals surface area (Å²) in [6, 6.07) is 4.77. The first kappa shape index (κ1) is 20.3. The van der Waals surface area contributed by atoms with Crippen molar-refractivity contribution in [3.8, 4) is 5.75 Å². The van der Waals surface area contributed by atoms with E-state index in [1.165, 1.54) is 0 Å². The maximum absolute atomic E-state index is 12.2. The van der Waals surface area contributed by atoms with E-state index in [9.17, 15) is 9.59 Å². The molecular formula is C17H26ClN3O3. The molecule has 1 saturated heterocycles. The zero-order valence-corrected chi connectivity index (χ0v) is 15.0. The number of amides is 2. The summed E-state index contributed by atoms with van der Waals surface area (Å²) in [7, 11) is 1.57. The lowest BCUT2D eigenvalue weighted by atomic mass is 10.1. The maximum atomic E-state index is 12.2. The van der Waals surface area contributed by atoms with E-state index in [0.29, 0.717) is 36.5 Å². The SMILES string of the molecule is CCCC(N)C(=O)Nc1ccc(OC)c(N2CCCCC2=O)c1.Cl. The molecule has 7 heteroatoms. The van der Waals surface area contributed by atoms with Crippen molar-refractivity contribution >= 4 is 35.6 Å². The predicted molar refractivity (Wildman–Crippen MR) is 98.0 cm³/mol. The van der Waals surface area contributed by atoms with Gasteiger partial charge in [-0.2, -0.15) is 0 Å². The molecule has 24 heavy (non-hydrogen) atoms. The third kappa shape index (κ3) is 4.85. The van der Waals surface area contributed by atoms with Crippen molar-refractivity contribution in [2.75, 3.05) is 23.9 Å². The summed E-state index contributed by atoms with van der Waals surface area (Å²) in [4.78, 5) is 25.9. The molecule has 1 aromatic rings. The molecule has 1 unspecified atom stereocenters. The Labute approximate surface area is 149 Å². The molecule has 2 rings (SSSR count). The number of nitrogens with one attached hydrogen (secondary N) is 1. The van der Waals surface area contributed by atoms with Crippen LogP contribution in [-0.4, -0.2) is 31.5 Å². The van der Waals surface area contributed by atoms with E-state index >= 15 is 0 Å². The number of halogens is 1. The molecule has 1 atom stereocenters. The number of piperidine rings is 1. The van der Waals surface area contributed by atoms with Crippen LogP contribution in [0.1, 0.15) is 39.0 Å². The van der Waals surface area contributed by atoms with Gasteiger partial charge in [-0.1, -0.05) is 13.3 Å². The van der Waals surface area contributed by atoms with Crippen LogP contribution in [-0.2, 0) is 9.59 Å². The average Bonchev–Trinajstić information content (AvgIpc) is 2.55. The molecule has 0 aromatic heterocycles. The Morgan fingerprint density at radius 2 is 2.17 bits per heavy atom. The van der Waals surface area contributed by atoms with Gasteiger partial charge in [-0.25, -0.2) is 0 Å². The van der Waals surface area contributed by atoms with Gasteiger partial charge in [0.1, 0.15) is 5.75 Å². The largest absolute Gasteiger partial charge is 0.495 e. The highest BCUT2D eigenvalue weighted by Gasteiger charge is 2.23. The number of anilines is 2. The molecule has 1 aliphatic rings. The van der Waals surface area contributed by atoms with Gasteiger partial charge < -0.3 is 20.7 Å². The zero-order valence-electron chi connectivity index (χ0n) is 14.2. The van der Waals surface area contributed by atoms with Gasteiger partial charge in [0, 0.05) is 18.7 Å². The van der Waals surface area contributed by atoms with Gasteiger partial charge in [0.2, 0.25) is 11.8 Å². The number of benzene rings is 1. The number of nitrogens with two attached hydrogens (primary N) is 1. The summed E-state index contributed by atoms with van der Waals surface area (Å²) in [5.41, 5.74) is 7.15. The fraction of sp³-hybridized carbons (Fsp3) is 0.529. The molecule has 1 aromatic carbocycles. The molecule has 0 radical (unpaired) electrons. The number of hydrogen-bond donors (Lipinski definition) is 2. The standard InChI is InChI=1S/C17H25N3O3.ClH/c1-3-6-13(18)17(22)19-12-8-9-15(23-2)14(11-12)20-10-5-4-7-16(20)21;/h8-9,11,13H,3-7,10,18H2,1-2H3,(H,19,22);1H. The second-order valence-electron chi connectivity index (χ2n) is 5.77. The number of carbonyl (C=O) groups is 2. The van der Waals surface area contributed by atoms with Crippen LogP contribution in [0.25, 0.3) is 0 Å². The first-order valence-corrected chi connectivity index (χ1v) is 8.11. The fourth-order valence-corrected chi connectivity index (χ4v) is 2.72. The molecule has 0 spiro atoms. The van der Waals surface area contributed by atoms with Crippen molar-refractivity contribution in [2.24, 2.45) is 5.73 Å². The lowest BCUT2D eigenvalue weighted by Crippen LogP contribution is -2.36. The molecule has 0 saturated carbocycles. The van der Waals surface area contributed by atoms with Crippen molar-refractivity contribution in [1.82, 2.24) is 0 Å². The third-order valence-electron chi connectivity index (χ3n) is 4.00. The van der Waals surface area contributed by atoms with Gasteiger partial charge >= 0.3 is 0 Å². The van der Waals surface area contributed by atoms with Gasteiger partial charge in [-0.15, -0.1) is 12.4 Å². The first-order chi connectivity index (χ1) is 11.1. The molecule has 2 amide bonds. The monoisotopic (exact) mass is 355 g/mol. The second-order valence-corrected chi connectivity index (χ2v) is 5.77. The topological polar surface area (TPSA) is 84.7 Å². The van der Waals surface area contributed by atoms with E-state index in [4.69, 9.17) is 10.5 Å². The zero-order chi connectivity index (χ0) is 16.8. The second kappa shape index (κ2) is 9.49. The van der Waals surface area contributed by atoms with E-state index in [1.807, 2.05) is 6.92 Å². The number of rotatable bonds is 6. The minimum Gasteiger partial charge on any atom is -0.495 e. The van der Waals surface area contributed by atoms with Crippen LogP contribution in [0.4, 0.5) is 11.4 Å². The molecular weight excluding hydrogens is 330 g/mol. The van der Waals surface area contributed by atoms with Crippen molar-refractivity contribution < 1.29 is 14.3 Å². The van der Waals surface area contributed by atoms with E-state index in [1.54, 1.807) is 30.2 Å². The normalized spacial score (nSPS) is 15.5. The van der Waals surface area contributed by atoms with Crippen LogP contribution in [0, 0.1) is 0 Å². The van der Waals surface area contributed by atoms with E-state index in [-0.39, 0.29) is 24.2 Å². The van der Waals surface area contributed by atoms with Gasteiger partial charge in [0.25, 0.3) is 0 Å². The van der Waals surface area contributed by atoms with Crippen LogP contribution in [0.3, 0.4) is 0 Å². The molecule has 0 bridgehead atoms. The van der Waals surface area contributed by atoms with Crippen LogP contribution >= 0.6 is 12.4 Å². The van der Waals surface area contributed by atoms with Crippen LogP contribution < -0.4 is 20.7 Å². The van der Waals surface area contributed by atoms with Crippen LogP contribution in [0.15, 0.2) is 18.2 Å². The number of nitrogens with zero attached hydrogens (tertiary/aromatic N) is 1. The van der Waals surface area contributed by atoms with Crippen LogP contribution in [0.2, 0.25) is 0 Å². The Morgan fingerprint density at radius 1 is 1.42 bits per heavy atom. The predicted octanol–water partition coefficient (Wildman–Crippen LogP) is 2.70. The molecule has 1 aliphatic heterocycles. The van der Waals surface area contributed by atoms with E-state index in [0.717, 1.165) is 19.3 Å². The fourth-order valence-electron chi connectivity index (χ4n) is 2.72. The van der Waals surface area contributed by atoms with Crippen molar-refractivity contribution in [2.45, 2.75) is 45.1 Å². The summed E-state index contributed by atoms with van der Waals surface area (Å²) >= 11 is 0. The smallest absolute Gasteiger partial charge is 0.241 e. The molecule has 1 fully saturated rings. The quantitative estimate of drug-likeness (QED) is 0.821. The van der Waals surface area contributed by atoms with E-state index in [2.05, 4.69) is 5.32 Å². The van der Waals surface area contributed by atoms with Gasteiger partial charge in [0.05, 0.1) is 18.8 Å². The Kier molecular flexibility index (Phi) is 8.01. The van der Waals surface area contributed by atoms with Crippen molar-refractivity contribution in [1.29, 1.82) is 0 Å². The minimum atomic E-state index is -0.526. The van der Waals surface area contributed by atoms with Crippen LogP contribution in [0.5, 0.6) is 5.75 Å². The Bertz CT molecular complexity index is 580.